The lowest BCUT2D eigenvalue weighted by atomic mass is 10.3. The fourth-order valence-corrected chi connectivity index (χ4v) is 4.36. The second-order valence-corrected chi connectivity index (χ2v) is 8.08. The van der Waals surface area contributed by atoms with Crippen molar-refractivity contribution in [2.75, 3.05) is 23.0 Å². The Labute approximate surface area is 171 Å². The molecule has 6 nitrogen and oxygen atoms in total. The van der Waals surface area contributed by atoms with E-state index in [1.54, 1.807) is 0 Å². The second-order valence-electron chi connectivity index (χ2n) is 5.83. The lowest BCUT2D eigenvalue weighted by Crippen LogP contribution is -2.14. The Morgan fingerprint density at radius 3 is 2.71 bits per heavy atom. The maximum Gasteiger partial charge on any atom is 0.234 e. The Morgan fingerprint density at radius 1 is 1.11 bits per heavy atom. The molecule has 1 aromatic heterocycles. The van der Waals surface area contributed by atoms with Gasteiger partial charge in [-0.1, -0.05) is 30.8 Å². The molecule has 1 heterocycles. The van der Waals surface area contributed by atoms with E-state index in [2.05, 4.69) is 15.6 Å². The third-order valence-electron chi connectivity index (χ3n) is 3.76. The van der Waals surface area contributed by atoms with Gasteiger partial charge in [-0.25, -0.2) is 4.98 Å². The van der Waals surface area contributed by atoms with Crippen LogP contribution in [-0.2, 0) is 9.59 Å². The largest absolute Gasteiger partial charge is 0.492 e. The third kappa shape index (κ3) is 5.24. The quantitative estimate of drug-likeness (QED) is 0.518. The highest BCUT2D eigenvalue weighted by molar-refractivity contribution is 8.01. The summed E-state index contributed by atoms with van der Waals surface area (Å²) in [7, 11) is 0. The Kier molecular flexibility index (Phi) is 6.89. The summed E-state index contributed by atoms with van der Waals surface area (Å²) in [6.45, 7) is 4.25. The number of aromatic nitrogens is 1. The van der Waals surface area contributed by atoms with Crippen LogP contribution in [0, 0.1) is 0 Å². The Balaban J connectivity index is 1.62. The van der Waals surface area contributed by atoms with Crippen LogP contribution in [0.15, 0.2) is 46.8 Å². The molecule has 0 saturated carbocycles. The molecule has 0 bridgehead atoms. The van der Waals surface area contributed by atoms with E-state index in [4.69, 9.17) is 4.74 Å². The molecular weight excluding hydrogens is 394 g/mol. The molecule has 2 amide bonds. The first-order chi connectivity index (χ1) is 13.6. The zero-order valence-electron chi connectivity index (χ0n) is 15.7. The maximum absolute atomic E-state index is 12.3. The van der Waals surface area contributed by atoms with Crippen molar-refractivity contribution in [2.24, 2.45) is 0 Å². The van der Waals surface area contributed by atoms with Crippen molar-refractivity contribution in [1.29, 1.82) is 0 Å². The van der Waals surface area contributed by atoms with Gasteiger partial charge >= 0.3 is 0 Å². The molecule has 0 fully saturated rings. The molecule has 8 heteroatoms. The fourth-order valence-electron chi connectivity index (χ4n) is 2.46. The molecular formula is C20H21N3O3S2. The summed E-state index contributed by atoms with van der Waals surface area (Å²) >= 11 is 2.89. The number of hydrogen-bond acceptors (Lipinski definition) is 6. The zero-order valence-corrected chi connectivity index (χ0v) is 17.3. The monoisotopic (exact) mass is 415 g/mol. The molecule has 0 spiro atoms. The number of rotatable bonds is 8. The highest BCUT2D eigenvalue weighted by Crippen LogP contribution is 2.31. The van der Waals surface area contributed by atoms with Gasteiger partial charge in [0.05, 0.1) is 28.3 Å². The van der Waals surface area contributed by atoms with Gasteiger partial charge in [-0.2, -0.15) is 0 Å². The number of carbonyl (C=O) groups is 2. The van der Waals surface area contributed by atoms with Crippen LogP contribution in [0.4, 0.5) is 11.4 Å². The molecule has 0 unspecified atom stereocenters. The molecule has 3 aromatic rings. The highest BCUT2D eigenvalue weighted by atomic mass is 32.2. The van der Waals surface area contributed by atoms with Crippen LogP contribution in [0.5, 0.6) is 5.75 Å². The summed E-state index contributed by atoms with van der Waals surface area (Å²) in [4.78, 5) is 28.4. The number of anilines is 2. The number of nitrogens with zero attached hydrogens (tertiary/aromatic N) is 1. The molecule has 2 N–H and O–H groups in total. The third-order valence-corrected chi connectivity index (χ3v) is 5.92. The fraction of sp³-hybridized carbons (Fsp3) is 0.250. The molecule has 3 rings (SSSR count). The van der Waals surface area contributed by atoms with E-state index in [9.17, 15) is 9.59 Å². The smallest absolute Gasteiger partial charge is 0.234 e. The van der Waals surface area contributed by atoms with E-state index in [-0.39, 0.29) is 17.6 Å². The highest BCUT2D eigenvalue weighted by Gasteiger charge is 2.11. The predicted molar refractivity (Wildman–Crippen MR) is 116 cm³/mol. The zero-order chi connectivity index (χ0) is 19.9. The van der Waals surface area contributed by atoms with E-state index in [1.165, 1.54) is 23.1 Å². The predicted octanol–water partition coefficient (Wildman–Crippen LogP) is 4.77. The number of benzene rings is 2. The van der Waals surface area contributed by atoms with E-state index in [0.29, 0.717) is 24.5 Å². The number of hydrogen-bond donors (Lipinski definition) is 2. The summed E-state index contributed by atoms with van der Waals surface area (Å²) in [6.07, 6.45) is 0.434. The topological polar surface area (TPSA) is 80.3 Å². The lowest BCUT2D eigenvalue weighted by Gasteiger charge is -2.10. The van der Waals surface area contributed by atoms with E-state index >= 15 is 0 Å². The van der Waals surface area contributed by atoms with Crippen molar-refractivity contribution in [3.05, 3.63) is 42.5 Å². The van der Waals surface area contributed by atoms with Crippen molar-refractivity contribution >= 4 is 56.5 Å². The average molecular weight is 416 g/mol. The van der Waals surface area contributed by atoms with Gasteiger partial charge in [0.2, 0.25) is 11.8 Å². The molecule has 0 radical (unpaired) electrons. The number of fused-ring (bicyclic) bond motifs is 1. The number of ether oxygens (including phenoxy) is 1. The van der Waals surface area contributed by atoms with Crippen LogP contribution in [0.25, 0.3) is 10.2 Å². The first kappa shape index (κ1) is 20.2. The van der Waals surface area contributed by atoms with E-state index in [0.717, 1.165) is 20.2 Å². The summed E-state index contributed by atoms with van der Waals surface area (Å²) < 4.78 is 7.30. The number of thioether (sulfide) groups is 1. The average Bonchev–Trinajstić information content (AvgIpc) is 3.10. The van der Waals surface area contributed by atoms with Crippen LogP contribution in [0.1, 0.15) is 20.3 Å². The maximum atomic E-state index is 12.3. The molecule has 146 valence electrons. The van der Waals surface area contributed by atoms with Gasteiger partial charge in [0.15, 0.2) is 4.34 Å². The molecule has 0 aliphatic heterocycles. The van der Waals surface area contributed by atoms with Crippen molar-refractivity contribution in [1.82, 2.24) is 4.98 Å². The van der Waals surface area contributed by atoms with Crippen molar-refractivity contribution in [3.63, 3.8) is 0 Å². The molecule has 0 aliphatic carbocycles. The summed E-state index contributed by atoms with van der Waals surface area (Å²) in [5, 5.41) is 5.72. The summed E-state index contributed by atoms with van der Waals surface area (Å²) in [5.41, 5.74) is 2.27. The van der Waals surface area contributed by atoms with Crippen LogP contribution < -0.4 is 15.4 Å². The number of carbonyl (C=O) groups excluding carboxylic acids is 2. The first-order valence-electron chi connectivity index (χ1n) is 8.94. The minimum atomic E-state index is -0.118. The van der Waals surface area contributed by atoms with Gasteiger partial charge in [-0.15, -0.1) is 11.3 Å². The molecule has 0 aliphatic rings. The van der Waals surface area contributed by atoms with Crippen LogP contribution >= 0.6 is 23.1 Å². The van der Waals surface area contributed by atoms with Gasteiger partial charge in [-0.3, -0.25) is 9.59 Å². The minimum Gasteiger partial charge on any atom is -0.492 e. The van der Waals surface area contributed by atoms with Crippen LogP contribution in [-0.4, -0.2) is 29.2 Å². The number of thiazole rings is 1. The Hall–Kier alpha value is -2.58. The lowest BCUT2D eigenvalue weighted by molar-refractivity contribution is -0.116. The van der Waals surface area contributed by atoms with Crippen LogP contribution in [0.2, 0.25) is 0 Å². The second kappa shape index (κ2) is 9.57. The molecule has 28 heavy (non-hydrogen) atoms. The first-order valence-corrected chi connectivity index (χ1v) is 10.7. The molecule has 0 saturated heterocycles. The molecule has 2 aromatic carbocycles. The van der Waals surface area contributed by atoms with E-state index in [1.807, 2.05) is 56.3 Å². The molecule has 0 atom stereocenters. The van der Waals surface area contributed by atoms with Crippen molar-refractivity contribution in [2.45, 2.75) is 24.6 Å². The Morgan fingerprint density at radius 2 is 1.93 bits per heavy atom. The van der Waals surface area contributed by atoms with Crippen molar-refractivity contribution < 1.29 is 14.3 Å². The van der Waals surface area contributed by atoms with Gasteiger partial charge in [0.25, 0.3) is 0 Å². The SMILES string of the molecule is CCOc1ccccc1NC(=O)CSc1nc2ccc(NC(=O)CC)cc2s1. The van der Waals surface area contributed by atoms with Gasteiger partial charge in [0, 0.05) is 12.1 Å². The van der Waals surface area contributed by atoms with Gasteiger partial charge < -0.3 is 15.4 Å². The number of para-hydroxylation sites is 2. The Bertz CT molecular complexity index is 988. The standard InChI is InChI=1S/C20H21N3O3S2/c1-3-18(24)21-13-9-10-15-17(11-13)28-20(23-15)27-12-19(25)22-14-7-5-6-8-16(14)26-4-2/h5-11H,3-4,12H2,1-2H3,(H,21,24)(H,22,25). The van der Waals surface area contributed by atoms with E-state index < -0.39 is 0 Å². The number of nitrogens with one attached hydrogen (secondary N) is 2. The number of amides is 2. The van der Waals surface area contributed by atoms with Gasteiger partial charge in [0.1, 0.15) is 5.75 Å². The van der Waals surface area contributed by atoms with Gasteiger partial charge in [-0.05, 0) is 37.3 Å². The summed E-state index contributed by atoms with van der Waals surface area (Å²) in [5.74, 6) is 0.763. The van der Waals surface area contributed by atoms with Crippen LogP contribution in [0.3, 0.4) is 0 Å². The minimum absolute atomic E-state index is 0.0255. The normalized spacial score (nSPS) is 10.6. The van der Waals surface area contributed by atoms with Crippen molar-refractivity contribution in [3.8, 4) is 5.75 Å². The summed E-state index contributed by atoms with van der Waals surface area (Å²) in [6, 6.07) is 13.0.